The molecule has 0 saturated heterocycles. The molecule has 0 radical (unpaired) electrons. The number of pyridine rings is 1. The monoisotopic (exact) mass is 338 g/mol. The zero-order valence-corrected chi connectivity index (χ0v) is 10.2. The molecule has 0 N–H and O–H groups in total. The van der Waals surface area contributed by atoms with Gasteiger partial charge >= 0.3 is 5.97 Å². The highest BCUT2D eigenvalue weighted by molar-refractivity contribution is 14.1. The highest BCUT2D eigenvalue weighted by Gasteiger charge is 2.24. The minimum Gasteiger partial charge on any atom is -0.465 e. The van der Waals surface area contributed by atoms with E-state index < -0.39 is 18.0 Å². The van der Waals surface area contributed by atoms with E-state index in [4.69, 9.17) is 5.26 Å². The minimum atomic E-state index is -2.86. The second kappa shape index (κ2) is 5.16. The summed E-state index contributed by atoms with van der Waals surface area (Å²) in [5.41, 5.74) is -0.993. The smallest absolute Gasteiger partial charge is 0.341 e. The second-order valence-electron chi connectivity index (χ2n) is 2.67. The number of alkyl halides is 2. The van der Waals surface area contributed by atoms with Gasteiger partial charge in [0.15, 0.2) is 0 Å². The molecular formula is C9H5F2IN2O2. The lowest BCUT2D eigenvalue weighted by Gasteiger charge is -2.08. The molecule has 4 nitrogen and oxygen atoms in total. The first kappa shape index (κ1) is 12.8. The summed E-state index contributed by atoms with van der Waals surface area (Å²) in [6.07, 6.45) is -2.86. The first-order valence-corrected chi connectivity index (χ1v) is 5.06. The van der Waals surface area contributed by atoms with E-state index in [2.05, 4.69) is 9.72 Å². The predicted octanol–water partition coefficient (Wildman–Crippen LogP) is 2.28. The van der Waals surface area contributed by atoms with Gasteiger partial charge in [-0.15, -0.1) is 0 Å². The van der Waals surface area contributed by atoms with Gasteiger partial charge in [0.2, 0.25) is 0 Å². The van der Waals surface area contributed by atoms with Gasteiger partial charge in [0, 0.05) is 5.56 Å². The van der Waals surface area contributed by atoms with Gasteiger partial charge in [0.25, 0.3) is 6.43 Å². The highest BCUT2D eigenvalue weighted by atomic mass is 127. The molecular weight excluding hydrogens is 333 g/mol. The normalized spacial score (nSPS) is 10.0. The lowest BCUT2D eigenvalue weighted by molar-refractivity contribution is 0.0587. The van der Waals surface area contributed by atoms with Gasteiger partial charge in [-0.3, -0.25) is 0 Å². The largest absolute Gasteiger partial charge is 0.465 e. The van der Waals surface area contributed by atoms with Gasteiger partial charge in [-0.25, -0.2) is 18.6 Å². The number of carbonyl (C=O) groups excluding carboxylic acids is 1. The van der Waals surface area contributed by atoms with Gasteiger partial charge in [0.05, 0.1) is 7.11 Å². The number of hydrogen-bond donors (Lipinski definition) is 0. The molecule has 0 aliphatic heterocycles. The lowest BCUT2D eigenvalue weighted by atomic mass is 10.1. The summed E-state index contributed by atoms with van der Waals surface area (Å²) in [5, 5.41) is 8.58. The summed E-state index contributed by atoms with van der Waals surface area (Å²) >= 11 is 1.61. The van der Waals surface area contributed by atoms with Crippen LogP contribution in [0.15, 0.2) is 6.07 Å². The van der Waals surface area contributed by atoms with E-state index >= 15 is 0 Å². The molecule has 0 aromatic carbocycles. The van der Waals surface area contributed by atoms with Crippen LogP contribution in [0.25, 0.3) is 0 Å². The van der Waals surface area contributed by atoms with E-state index in [0.717, 1.165) is 13.2 Å². The molecule has 1 aromatic rings. The van der Waals surface area contributed by atoms with Crippen LogP contribution >= 0.6 is 22.6 Å². The summed E-state index contributed by atoms with van der Waals surface area (Å²) in [5.74, 6) is -0.892. The van der Waals surface area contributed by atoms with E-state index in [9.17, 15) is 13.6 Å². The summed E-state index contributed by atoms with van der Waals surface area (Å²) in [7, 11) is 1.09. The van der Waals surface area contributed by atoms with Crippen LogP contribution in [0.1, 0.15) is 28.0 Å². The Kier molecular flexibility index (Phi) is 4.12. The first-order valence-electron chi connectivity index (χ1n) is 3.98. The summed E-state index contributed by atoms with van der Waals surface area (Å²) in [4.78, 5) is 15.0. The number of rotatable bonds is 2. The third kappa shape index (κ3) is 2.44. The van der Waals surface area contributed by atoms with Crippen molar-refractivity contribution in [1.29, 1.82) is 5.26 Å². The van der Waals surface area contributed by atoms with Crippen LogP contribution in [0.2, 0.25) is 0 Å². The Balaban J connectivity index is 3.47. The highest BCUT2D eigenvalue weighted by Crippen LogP contribution is 2.27. The fourth-order valence-electron chi connectivity index (χ4n) is 1.07. The Morgan fingerprint density at radius 3 is 2.75 bits per heavy atom. The Bertz CT molecular complexity index is 471. The number of esters is 1. The molecule has 0 spiro atoms. The van der Waals surface area contributed by atoms with Crippen molar-refractivity contribution in [2.75, 3.05) is 7.11 Å². The molecule has 0 aliphatic rings. The lowest BCUT2D eigenvalue weighted by Crippen LogP contribution is -2.11. The quantitative estimate of drug-likeness (QED) is 0.472. The third-order valence-corrected chi connectivity index (χ3v) is 2.53. The van der Waals surface area contributed by atoms with Crippen molar-refractivity contribution in [3.8, 4) is 6.07 Å². The number of carbonyl (C=O) groups is 1. The van der Waals surface area contributed by atoms with Gasteiger partial charge in [-0.05, 0) is 28.7 Å². The van der Waals surface area contributed by atoms with Crippen LogP contribution in [-0.4, -0.2) is 18.1 Å². The average molecular weight is 338 g/mol. The van der Waals surface area contributed by atoms with Crippen molar-refractivity contribution < 1.29 is 18.3 Å². The fourth-order valence-corrected chi connectivity index (χ4v) is 1.86. The number of ether oxygens (including phenoxy) is 1. The molecule has 0 aliphatic carbocycles. The van der Waals surface area contributed by atoms with Gasteiger partial charge < -0.3 is 4.74 Å². The van der Waals surface area contributed by atoms with E-state index in [1.165, 1.54) is 0 Å². The van der Waals surface area contributed by atoms with Crippen molar-refractivity contribution in [3.05, 3.63) is 26.6 Å². The molecule has 0 bridgehead atoms. The number of nitriles is 1. The van der Waals surface area contributed by atoms with Gasteiger partial charge in [0.1, 0.15) is 21.0 Å². The summed E-state index contributed by atoms with van der Waals surface area (Å²) in [6, 6.07) is 2.53. The van der Waals surface area contributed by atoms with Crippen LogP contribution in [0, 0.1) is 15.0 Å². The first-order chi connectivity index (χ1) is 7.51. The molecule has 1 aromatic heterocycles. The maximum atomic E-state index is 12.7. The molecule has 7 heteroatoms. The van der Waals surface area contributed by atoms with E-state index in [1.807, 2.05) is 0 Å². The second-order valence-corrected chi connectivity index (χ2v) is 3.69. The molecule has 84 valence electrons. The van der Waals surface area contributed by atoms with Crippen LogP contribution in [0.5, 0.6) is 0 Å². The van der Waals surface area contributed by atoms with Gasteiger partial charge in [-0.1, -0.05) is 0 Å². The van der Waals surface area contributed by atoms with E-state index in [-0.39, 0.29) is 15.0 Å². The molecule has 0 amide bonds. The third-order valence-electron chi connectivity index (χ3n) is 1.74. The Hall–Kier alpha value is -1.30. The Labute approximate surface area is 103 Å². The van der Waals surface area contributed by atoms with Crippen molar-refractivity contribution >= 4 is 28.6 Å². The van der Waals surface area contributed by atoms with E-state index in [0.29, 0.717) is 0 Å². The summed E-state index contributed by atoms with van der Waals surface area (Å²) in [6.45, 7) is 0. The van der Waals surface area contributed by atoms with Crippen molar-refractivity contribution in [3.63, 3.8) is 0 Å². The Morgan fingerprint density at radius 1 is 1.69 bits per heavy atom. The Morgan fingerprint density at radius 2 is 2.31 bits per heavy atom. The zero-order chi connectivity index (χ0) is 12.3. The van der Waals surface area contributed by atoms with Gasteiger partial charge in [-0.2, -0.15) is 5.26 Å². The molecule has 0 atom stereocenters. The van der Waals surface area contributed by atoms with Crippen molar-refractivity contribution in [1.82, 2.24) is 4.98 Å². The van der Waals surface area contributed by atoms with Crippen LogP contribution in [-0.2, 0) is 4.74 Å². The molecule has 16 heavy (non-hydrogen) atoms. The standard InChI is InChI=1S/C9H5F2IN2O2/c1-16-9(15)6-5(7(10)11)2-4(3-13)14-8(6)12/h2,7H,1H3. The summed E-state index contributed by atoms with van der Waals surface area (Å²) < 4.78 is 29.8. The molecule has 1 rings (SSSR count). The maximum Gasteiger partial charge on any atom is 0.341 e. The SMILES string of the molecule is COC(=O)c1c(C(F)F)cc(C#N)nc1I. The molecule has 1 heterocycles. The molecule has 0 fully saturated rings. The zero-order valence-electron chi connectivity index (χ0n) is 8.00. The topological polar surface area (TPSA) is 63.0 Å². The van der Waals surface area contributed by atoms with Crippen LogP contribution < -0.4 is 0 Å². The minimum absolute atomic E-state index is 0.0267. The van der Waals surface area contributed by atoms with Crippen LogP contribution in [0.4, 0.5) is 8.78 Å². The molecule has 0 saturated carbocycles. The number of halogens is 3. The van der Waals surface area contributed by atoms with E-state index in [1.54, 1.807) is 28.7 Å². The van der Waals surface area contributed by atoms with Crippen molar-refractivity contribution in [2.24, 2.45) is 0 Å². The number of nitrogens with zero attached hydrogens (tertiary/aromatic N) is 2. The number of hydrogen-bond acceptors (Lipinski definition) is 4. The average Bonchev–Trinajstić information content (AvgIpc) is 2.26. The maximum absolute atomic E-state index is 12.7. The predicted molar refractivity (Wildman–Crippen MR) is 58.0 cm³/mol. The number of methoxy groups -OCH3 is 1. The number of aromatic nitrogens is 1. The molecule has 0 unspecified atom stereocenters. The van der Waals surface area contributed by atoms with Crippen molar-refractivity contribution in [2.45, 2.75) is 6.43 Å². The van der Waals surface area contributed by atoms with Crippen LogP contribution in [0.3, 0.4) is 0 Å². The fraction of sp³-hybridized carbons (Fsp3) is 0.222.